The third kappa shape index (κ3) is 3.13. The fraction of sp³-hybridized carbons (Fsp3) is 0.438. The van der Waals surface area contributed by atoms with Gasteiger partial charge in [0.25, 0.3) is 0 Å². The molecule has 2 heterocycles. The van der Waals surface area contributed by atoms with Crippen molar-refractivity contribution in [2.45, 2.75) is 32.2 Å². The van der Waals surface area contributed by atoms with Crippen molar-refractivity contribution in [2.24, 2.45) is 11.7 Å². The lowest BCUT2D eigenvalue weighted by Gasteiger charge is -2.26. The van der Waals surface area contributed by atoms with Crippen LogP contribution in [-0.2, 0) is 16.0 Å². The van der Waals surface area contributed by atoms with Crippen LogP contribution in [0.1, 0.15) is 25.3 Å². The number of rotatable bonds is 2. The third-order valence-corrected chi connectivity index (χ3v) is 4.36. The summed E-state index contributed by atoms with van der Waals surface area (Å²) in [5.41, 5.74) is 7.79. The predicted octanol–water partition coefficient (Wildman–Crippen LogP) is 0.981. The van der Waals surface area contributed by atoms with Crippen molar-refractivity contribution in [1.29, 1.82) is 0 Å². The standard InChI is InChI=1S/C16H20N4O3/c1-9-6-11(8-14(21)18-9)15(22)19-12-2-3-13-10(7-12)4-5-20(13)16(17)23/h2-3,7,9,11H,4-6,8H2,1H3,(H2,17,23)(H,18,21)(H,19,22). The van der Waals surface area contributed by atoms with E-state index in [0.29, 0.717) is 25.1 Å². The average Bonchev–Trinajstić information content (AvgIpc) is 2.89. The topological polar surface area (TPSA) is 105 Å². The first-order chi connectivity index (χ1) is 10.9. The maximum Gasteiger partial charge on any atom is 0.319 e. The van der Waals surface area contributed by atoms with Crippen molar-refractivity contribution in [3.63, 3.8) is 0 Å². The first-order valence-electron chi connectivity index (χ1n) is 7.74. The SMILES string of the molecule is CC1CC(C(=O)Nc2ccc3c(c2)CCN3C(N)=O)CC(=O)N1. The highest BCUT2D eigenvalue weighted by Gasteiger charge is 2.29. The van der Waals surface area contributed by atoms with Crippen LogP contribution in [0.5, 0.6) is 0 Å². The van der Waals surface area contributed by atoms with Gasteiger partial charge in [-0.2, -0.15) is 0 Å². The van der Waals surface area contributed by atoms with E-state index < -0.39 is 6.03 Å². The van der Waals surface area contributed by atoms with E-state index in [1.165, 1.54) is 4.90 Å². The van der Waals surface area contributed by atoms with Gasteiger partial charge in [0.15, 0.2) is 0 Å². The molecule has 2 aliphatic rings. The zero-order chi connectivity index (χ0) is 16.6. The molecule has 122 valence electrons. The molecule has 2 aliphatic heterocycles. The number of amides is 4. The second-order valence-electron chi connectivity index (χ2n) is 6.18. The number of anilines is 2. The van der Waals surface area contributed by atoms with E-state index >= 15 is 0 Å². The van der Waals surface area contributed by atoms with E-state index in [2.05, 4.69) is 10.6 Å². The van der Waals surface area contributed by atoms with Crippen molar-refractivity contribution >= 4 is 29.2 Å². The smallest absolute Gasteiger partial charge is 0.319 e. The molecular weight excluding hydrogens is 296 g/mol. The summed E-state index contributed by atoms with van der Waals surface area (Å²) in [5, 5.41) is 5.68. The number of nitrogens with two attached hydrogens (primary N) is 1. The normalized spacial score (nSPS) is 23.2. The van der Waals surface area contributed by atoms with Gasteiger partial charge >= 0.3 is 6.03 Å². The Balaban J connectivity index is 1.70. The highest BCUT2D eigenvalue weighted by atomic mass is 16.2. The Morgan fingerprint density at radius 3 is 2.87 bits per heavy atom. The van der Waals surface area contributed by atoms with Gasteiger partial charge in [0.1, 0.15) is 0 Å². The molecule has 2 unspecified atom stereocenters. The Kier molecular flexibility index (Phi) is 3.94. The molecule has 1 aromatic rings. The zero-order valence-corrected chi connectivity index (χ0v) is 13.0. The second-order valence-corrected chi connectivity index (χ2v) is 6.18. The molecule has 0 radical (unpaired) electrons. The number of carbonyl (C=O) groups excluding carboxylic acids is 3. The van der Waals surface area contributed by atoms with Crippen LogP contribution < -0.4 is 21.3 Å². The predicted molar refractivity (Wildman–Crippen MR) is 86.0 cm³/mol. The lowest BCUT2D eigenvalue weighted by molar-refractivity contribution is -0.130. The van der Waals surface area contributed by atoms with Gasteiger partial charge in [-0.05, 0) is 43.5 Å². The molecule has 23 heavy (non-hydrogen) atoms. The van der Waals surface area contributed by atoms with E-state index in [0.717, 1.165) is 11.3 Å². The van der Waals surface area contributed by atoms with Gasteiger partial charge in [0, 0.05) is 36.3 Å². The molecule has 7 heteroatoms. The number of primary amides is 1. The number of nitrogens with one attached hydrogen (secondary N) is 2. The van der Waals surface area contributed by atoms with Crippen molar-refractivity contribution in [2.75, 3.05) is 16.8 Å². The molecule has 0 saturated carbocycles. The van der Waals surface area contributed by atoms with Crippen LogP contribution in [0.2, 0.25) is 0 Å². The molecule has 0 aromatic heterocycles. The number of urea groups is 1. The molecule has 4 amide bonds. The molecule has 0 bridgehead atoms. The maximum absolute atomic E-state index is 12.4. The number of hydrogen-bond acceptors (Lipinski definition) is 3. The van der Waals surface area contributed by atoms with Crippen LogP contribution in [0.15, 0.2) is 18.2 Å². The number of fused-ring (bicyclic) bond motifs is 1. The zero-order valence-electron chi connectivity index (χ0n) is 13.0. The lowest BCUT2D eigenvalue weighted by Crippen LogP contribution is -2.44. The van der Waals surface area contributed by atoms with Crippen LogP contribution in [0.3, 0.4) is 0 Å². The fourth-order valence-electron chi connectivity index (χ4n) is 3.28. The number of carbonyl (C=O) groups is 3. The Morgan fingerprint density at radius 2 is 2.17 bits per heavy atom. The highest BCUT2D eigenvalue weighted by molar-refractivity contribution is 5.97. The Labute approximate surface area is 134 Å². The summed E-state index contributed by atoms with van der Waals surface area (Å²) in [4.78, 5) is 36.8. The summed E-state index contributed by atoms with van der Waals surface area (Å²) >= 11 is 0. The van der Waals surface area contributed by atoms with Gasteiger partial charge in [-0.15, -0.1) is 0 Å². The van der Waals surface area contributed by atoms with E-state index in [1.807, 2.05) is 13.0 Å². The van der Waals surface area contributed by atoms with Gasteiger partial charge < -0.3 is 16.4 Å². The average molecular weight is 316 g/mol. The van der Waals surface area contributed by atoms with E-state index in [-0.39, 0.29) is 30.2 Å². The Morgan fingerprint density at radius 1 is 1.39 bits per heavy atom. The summed E-state index contributed by atoms with van der Waals surface area (Å²) in [5.74, 6) is -0.541. The molecular formula is C16H20N4O3. The van der Waals surface area contributed by atoms with Crippen molar-refractivity contribution in [3.8, 4) is 0 Å². The van der Waals surface area contributed by atoms with E-state index in [9.17, 15) is 14.4 Å². The summed E-state index contributed by atoms with van der Waals surface area (Å²) in [6, 6.07) is 4.95. The van der Waals surface area contributed by atoms with E-state index in [4.69, 9.17) is 5.73 Å². The summed E-state index contributed by atoms with van der Waals surface area (Å²) in [6.45, 7) is 2.45. The molecule has 4 N–H and O–H groups in total. The van der Waals surface area contributed by atoms with Crippen molar-refractivity contribution in [3.05, 3.63) is 23.8 Å². The first kappa shape index (κ1) is 15.3. The summed E-state index contributed by atoms with van der Waals surface area (Å²) < 4.78 is 0. The van der Waals surface area contributed by atoms with Crippen molar-refractivity contribution in [1.82, 2.24) is 5.32 Å². The van der Waals surface area contributed by atoms with Gasteiger partial charge in [0.05, 0.1) is 0 Å². The number of benzene rings is 1. The largest absolute Gasteiger partial charge is 0.354 e. The molecule has 2 atom stereocenters. The monoisotopic (exact) mass is 316 g/mol. The van der Waals surface area contributed by atoms with Crippen LogP contribution in [-0.4, -0.2) is 30.4 Å². The van der Waals surface area contributed by atoms with Gasteiger partial charge in [-0.1, -0.05) is 0 Å². The van der Waals surface area contributed by atoms with E-state index in [1.54, 1.807) is 12.1 Å². The molecule has 1 aromatic carbocycles. The first-order valence-corrected chi connectivity index (χ1v) is 7.74. The molecule has 0 spiro atoms. The molecule has 1 fully saturated rings. The highest BCUT2D eigenvalue weighted by Crippen LogP contribution is 2.30. The summed E-state index contributed by atoms with van der Waals surface area (Å²) in [7, 11) is 0. The minimum Gasteiger partial charge on any atom is -0.354 e. The second kappa shape index (κ2) is 5.91. The lowest BCUT2D eigenvalue weighted by atomic mass is 9.92. The van der Waals surface area contributed by atoms with Crippen LogP contribution in [0.25, 0.3) is 0 Å². The minimum atomic E-state index is -0.470. The summed E-state index contributed by atoms with van der Waals surface area (Å²) in [6.07, 6.45) is 1.57. The Bertz CT molecular complexity index is 673. The van der Waals surface area contributed by atoms with Crippen LogP contribution in [0, 0.1) is 5.92 Å². The fourth-order valence-corrected chi connectivity index (χ4v) is 3.28. The molecule has 1 saturated heterocycles. The minimum absolute atomic E-state index is 0.0103. The quantitative estimate of drug-likeness (QED) is 0.757. The maximum atomic E-state index is 12.4. The van der Waals surface area contributed by atoms with Gasteiger partial charge in [-0.25, -0.2) is 4.79 Å². The van der Waals surface area contributed by atoms with Crippen LogP contribution in [0.4, 0.5) is 16.2 Å². The number of nitrogens with zero attached hydrogens (tertiary/aromatic N) is 1. The number of hydrogen-bond donors (Lipinski definition) is 3. The number of piperidine rings is 1. The molecule has 3 rings (SSSR count). The van der Waals surface area contributed by atoms with Crippen LogP contribution >= 0.6 is 0 Å². The third-order valence-electron chi connectivity index (χ3n) is 4.36. The molecule has 7 nitrogen and oxygen atoms in total. The van der Waals surface area contributed by atoms with Crippen molar-refractivity contribution < 1.29 is 14.4 Å². The van der Waals surface area contributed by atoms with Gasteiger partial charge in [0.2, 0.25) is 11.8 Å². The Hall–Kier alpha value is -2.57. The molecule has 0 aliphatic carbocycles. The van der Waals surface area contributed by atoms with Gasteiger partial charge in [-0.3, -0.25) is 14.5 Å².